The summed E-state index contributed by atoms with van der Waals surface area (Å²) in [5.41, 5.74) is 4.01. The number of aryl methyl sites for hydroxylation is 1. The number of rotatable bonds is 4. The van der Waals surface area contributed by atoms with Crippen LogP contribution in [-0.2, 0) is 9.53 Å². The van der Waals surface area contributed by atoms with Gasteiger partial charge in [-0.05, 0) is 37.1 Å². The van der Waals surface area contributed by atoms with Gasteiger partial charge in [-0.15, -0.1) is 0 Å². The summed E-state index contributed by atoms with van der Waals surface area (Å²) in [6.07, 6.45) is 0. The molecule has 7 nitrogen and oxygen atoms in total. The number of para-hydroxylation sites is 1. The Bertz CT molecular complexity index is 1190. The number of hydrogen-bond donors (Lipinski definition) is 1. The zero-order valence-corrected chi connectivity index (χ0v) is 17.7. The highest BCUT2D eigenvalue weighted by atomic mass is 16.5. The molecule has 1 aliphatic rings. The number of benzene rings is 2. The van der Waals surface area contributed by atoms with Gasteiger partial charge in [0.15, 0.2) is 6.61 Å². The molecule has 2 aromatic carbocycles. The number of carbonyl (C=O) groups is 2. The molecule has 0 spiro atoms. The van der Waals surface area contributed by atoms with Gasteiger partial charge in [0, 0.05) is 48.8 Å². The highest BCUT2D eigenvalue weighted by molar-refractivity contribution is 6.03. The Morgan fingerprint density at radius 1 is 1.00 bits per heavy atom. The van der Waals surface area contributed by atoms with Crippen molar-refractivity contribution in [3.8, 4) is 0 Å². The second kappa shape index (κ2) is 8.63. The quantitative estimate of drug-likeness (QED) is 0.658. The Kier molecular flexibility index (Phi) is 5.75. The number of nitrogens with zero attached hydrogens (tertiary/aromatic N) is 2. The Morgan fingerprint density at radius 3 is 2.52 bits per heavy atom. The summed E-state index contributed by atoms with van der Waals surface area (Å²) in [6, 6.07) is 14.5. The minimum Gasteiger partial charge on any atom is -0.452 e. The molecule has 0 bridgehead atoms. The van der Waals surface area contributed by atoms with Gasteiger partial charge >= 0.3 is 5.97 Å². The fourth-order valence-electron chi connectivity index (χ4n) is 3.94. The van der Waals surface area contributed by atoms with Gasteiger partial charge in [-0.3, -0.25) is 9.59 Å². The fraction of sp³-hybridized carbons (Fsp3) is 0.292. The maximum atomic E-state index is 12.6. The van der Waals surface area contributed by atoms with Gasteiger partial charge in [0.25, 0.3) is 5.91 Å². The minimum atomic E-state index is -0.676. The zero-order valence-electron chi connectivity index (χ0n) is 17.7. The molecule has 1 saturated heterocycles. The van der Waals surface area contributed by atoms with Crippen LogP contribution in [0.1, 0.15) is 21.5 Å². The van der Waals surface area contributed by atoms with Gasteiger partial charge in [0.1, 0.15) is 0 Å². The zero-order chi connectivity index (χ0) is 22.0. The normalized spacial score (nSPS) is 14.0. The molecule has 4 rings (SSSR count). The van der Waals surface area contributed by atoms with Crippen LogP contribution in [-0.4, -0.2) is 54.5 Å². The number of aromatic nitrogens is 1. The highest BCUT2D eigenvalue weighted by Crippen LogP contribution is 2.24. The van der Waals surface area contributed by atoms with Crippen molar-refractivity contribution >= 4 is 28.5 Å². The number of piperazine rings is 1. The van der Waals surface area contributed by atoms with E-state index in [1.165, 1.54) is 22.9 Å². The minimum absolute atomic E-state index is 0.159. The molecule has 160 valence electrons. The van der Waals surface area contributed by atoms with Crippen LogP contribution in [0.3, 0.4) is 0 Å². The van der Waals surface area contributed by atoms with E-state index in [4.69, 9.17) is 4.74 Å². The molecule has 7 heteroatoms. The standard InChI is InChI=1S/C24H25N3O4/c1-16-6-5-9-21(17(16)2)26-10-12-27(13-11-26)23(29)15-31-24(30)19-14-22(28)25-20-8-4-3-7-18(19)20/h3-9,14H,10-13,15H2,1-2H3,(H,25,28). The third kappa shape index (κ3) is 4.30. The van der Waals surface area contributed by atoms with Gasteiger partial charge in [-0.1, -0.05) is 30.3 Å². The molecule has 0 atom stereocenters. The molecule has 1 aliphatic heterocycles. The first-order chi connectivity index (χ1) is 14.9. The second-order valence-electron chi connectivity index (χ2n) is 7.76. The van der Waals surface area contributed by atoms with Gasteiger partial charge in [0.05, 0.1) is 5.56 Å². The molecule has 1 amide bonds. The number of carbonyl (C=O) groups excluding carboxylic acids is 2. The smallest absolute Gasteiger partial charge is 0.339 e. The van der Waals surface area contributed by atoms with Crippen molar-refractivity contribution in [2.24, 2.45) is 0 Å². The maximum Gasteiger partial charge on any atom is 0.339 e. The second-order valence-corrected chi connectivity index (χ2v) is 7.76. The maximum absolute atomic E-state index is 12.6. The van der Waals surface area contributed by atoms with E-state index in [-0.39, 0.29) is 23.6 Å². The van der Waals surface area contributed by atoms with E-state index in [1.807, 2.05) is 6.07 Å². The van der Waals surface area contributed by atoms with Crippen molar-refractivity contribution < 1.29 is 14.3 Å². The van der Waals surface area contributed by atoms with Gasteiger partial charge in [-0.2, -0.15) is 0 Å². The lowest BCUT2D eigenvalue weighted by Crippen LogP contribution is -2.50. The first-order valence-electron chi connectivity index (χ1n) is 10.3. The predicted molar refractivity (Wildman–Crippen MR) is 120 cm³/mol. The first-order valence-corrected chi connectivity index (χ1v) is 10.3. The lowest BCUT2D eigenvalue weighted by Gasteiger charge is -2.37. The Morgan fingerprint density at radius 2 is 1.74 bits per heavy atom. The summed E-state index contributed by atoms with van der Waals surface area (Å²) in [4.78, 5) is 43.7. The molecule has 1 N–H and O–H groups in total. The largest absolute Gasteiger partial charge is 0.452 e. The molecule has 0 saturated carbocycles. The van der Waals surface area contributed by atoms with Crippen molar-refractivity contribution in [2.75, 3.05) is 37.7 Å². The number of nitrogens with one attached hydrogen (secondary N) is 1. The third-order valence-corrected chi connectivity index (χ3v) is 5.85. The number of anilines is 1. The van der Waals surface area contributed by atoms with E-state index in [9.17, 15) is 14.4 Å². The molecule has 0 radical (unpaired) electrons. The summed E-state index contributed by atoms with van der Waals surface area (Å²) in [5.74, 6) is -0.909. The van der Waals surface area contributed by atoms with Crippen LogP contribution in [0.4, 0.5) is 5.69 Å². The van der Waals surface area contributed by atoms with Crippen LogP contribution in [0.15, 0.2) is 53.3 Å². The molecule has 1 fully saturated rings. The van der Waals surface area contributed by atoms with Crippen LogP contribution >= 0.6 is 0 Å². The van der Waals surface area contributed by atoms with Crippen LogP contribution in [0.25, 0.3) is 10.9 Å². The van der Waals surface area contributed by atoms with E-state index in [2.05, 4.69) is 35.9 Å². The Labute approximate surface area is 180 Å². The Hall–Kier alpha value is -3.61. The summed E-state index contributed by atoms with van der Waals surface area (Å²) in [5, 5.41) is 0.585. The summed E-state index contributed by atoms with van der Waals surface area (Å²) in [6.45, 7) is 6.45. The number of aromatic amines is 1. The fourth-order valence-corrected chi connectivity index (χ4v) is 3.94. The van der Waals surface area contributed by atoms with Crippen LogP contribution in [0.5, 0.6) is 0 Å². The molecule has 0 aliphatic carbocycles. The number of ether oxygens (including phenoxy) is 1. The molecule has 3 aromatic rings. The number of amides is 1. The van der Waals surface area contributed by atoms with Crippen molar-refractivity contribution in [1.82, 2.24) is 9.88 Å². The topological polar surface area (TPSA) is 82.7 Å². The number of pyridine rings is 1. The molecular formula is C24H25N3O4. The van der Waals surface area contributed by atoms with Gasteiger partial charge < -0.3 is 19.5 Å². The summed E-state index contributed by atoms with van der Waals surface area (Å²) >= 11 is 0. The van der Waals surface area contributed by atoms with Crippen LogP contribution in [0.2, 0.25) is 0 Å². The van der Waals surface area contributed by atoms with Crippen molar-refractivity contribution in [3.05, 3.63) is 75.6 Å². The van der Waals surface area contributed by atoms with E-state index >= 15 is 0 Å². The average Bonchev–Trinajstić information content (AvgIpc) is 2.78. The lowest BCUT2D eigenvalue weighted by molar-refractivity contribution is -0.134. The molecule has 2 heterocycles. The highest BCUT2D eigenvalue weighted by Gasteiger charge is 2.23. The lowest BCUT2D eigenvalue weighted by atomic mass is 10.1. The molecule has 1 aromatic heterocycles. The average molecular weight is 419 g/mol. The van der Waals surface area contributed by atoms with E-state index in [1.54, 1.807) is 29.2 Å². The van der Waals surface area contributed by atoms with Crippen LogP contribution < -0.4 is 10.5 Å². The monoisotopic (exact) mass is 419 g/mol. The van der Waals surface area contributed by atoms with Crippen molar-refractivity contribution in [1.29, 1.82) is 0 Å². The van der Waals surface area contributed by atoms with E-state index < -0.39 is 5.97 Å². The Balaban J connectivity index is 1.36. The predicted octanol–water partition coefficient (Wildman–Crippen LogP) is 2.65. The number of H-pyrrole nitrogens is 1. The van der Waals surface area contributed by atoms with Gasteiger partial charge in [0.2, 0.25) is 5.56 Å². The summed E-state index contributed by atoms with van der Waals surface area (Å²) < 4.78 is 5.26. The van der Waals surface area contributed by atoms with Gasteiger partial charge in [-0.25, -0.2) is 4.79 Å². The molecule has 31 heavy (non-hydrogen) atoms. The third-order valence-electron chi connectivity index (χ3n) is 5.85. The first kappa shape index (κ1) is 20.7. The SMILES string of the molecule is Cc1cccc(N2CCN(C(=O)COC(=O)c3cc(=O)[nH]c4ccccc34)CC2)c1C. The molecular weight excluding hydrogens is 394 g/mol. The number of fused-ring (bicyclic) bond motifs is 1. The van der Waals surface area contributed by atoms with Crippen LogP contribution in [0, 0.1) is 13.8 Å². The van der Waals surface area contributed by atoms with Crippen molar-refractivity contribution in [3.63, 3.8) is 0 Å². The molecule has 0 unspecified atom stereocenters. The number of esters is 1. The van der Waals surface area contributed by atoms with Crippen molar-refractivity contribution in [2.45, 2.75) is 13.8 Å². The number of hydrogen-bond acceptors (Lipinski definition) is 5. The van der Waals surface area contributed by atoms with E-state index in [0.717, 1.165) is 13.1 Å². The summed E-state index contributed by atoms with van der Waals surface area (Å²) in [7, 11) is 0. The van der Waals surface area contributed by atoms with E-state index in [0.29, 0.717) is 24.0 Å².